The van der Waals surface area contributed by atoms with Crippen molar-refractivity contribution in [2.45, 2.75) is 93.4 Å². The molecule has 0 saturated heterocycles. The minimum absolute atomic E-state index is 0.835. The van der Waals surface area contributed by atoms with E-state index in [9.17, 15) is 0 Å². The summed E-state index contributed by atoms with van der Waals surface area (Å²) in [5.41, 5.74) is 0. The fraction of sp³-hybridized carbons (Fsp3) is 1.00. The molecule has 0 spiro atoms. The van der Waals surface area contributed by atoms with Gasteiger partial charge < -0.3 is 0 Å². The van der Waals surface area contributed by atoms with E-state index >= 15 is 0 Å². The first-order chi connectivity index (χ1) is 8.96. The summed E-state index contributed by atoms with van der Waals surface area (Å²) in [4.78, 5) is 0. The molecule has 0 fully saturated rings. The molecule has 0 bridgehead atoms. The zero-order valence-corrected chi connectivity index (χ0v) is 14.8. The molecule has 0 saturated carbocycles. The van der Waals surface area contributed by atoms with E-state index in [1.54, 1.807) is 0 Å². The second kappa shape index (κ2) is 10.7. The van der Waals surface area contributed by atoms with Gasteiger partial charge in [0.15, 0.2) is 0 Å². The van der Waals surface area contributed by atoms with Crippen LogP contribution in [0, 0.1) is 29.6 Å². The Morgan fingerprint density at radius 1 is 0.737 bits per heavy atom. The second-order valence-electron chi connectivity index (χ2n) is 7.25. The minimum Gasteiger partial charge on any atom is -0.0654 e. The Bertz CT molecular complexity index is 194. The lowest BCUT2D eigenvalue weighted by molar-refractivity contribution is 0.209. The summed E-state index contributed by atoms with van der Waals surface area (Å²) in [5.74, 6) is 4.55. The molecule has 0 aliphatic carbocycles. The van der Waals surface area contributed by atoms with E-state index in [4.69, 9.17) is 0 Å². The van der Waals surface area contributed by atoms with E-state index in [1.165, 1.54) is 44.9 Å². The normalized spacial score (nSPS) is 18.3. The molecule has 116 valence electrons. The van der Waals surface area contributed by atoms with Crippen molar-refractivity contribution in [3.8, 4) is 0 Å². The Labute approximate surface area is 123 Å². The lowest BCUT2D eigenvalue weighted by atomic mass is 9.76. The lowest BCUT2D eigenvalue weighted by Crippen LogP contribution is -2.20. The van der Waals surface area contributed by atoms with Gasteiger partial charge in [0, 0.05) is 0 Å². The Morgan fingerprint density at radius 2 is 1.37 bits per heavy atom. The Morgan fingerprint density at radius 3 is 1.79 bits per heavy atom. The summed E-state index contributed by atoms with van der Waals surface area (Å²) in [6.07, 6.45) is 9.86. The molecule has 0 aliphatic heterocycles. The summed E-state index contributed by atoms with van der Waals surface area (Å²) in [6.45, 7) is 16.8. The summed E-state index contributed by atoms with van der Waals surface area (Å²) in [7, 11) is 0. The Kier molecular flexibility index (Phi) is 10.7. The van der Waals surface area contributed by atoms with Crippen LogP contribution in [0.3, 0.4) is 0 Å². The van der Waals surface area contributed by atoms with Crippen LogP contribution in [-0.2, 0) is 0 Å². The van der Waals surface area contributed by atoms with E-state index < -0.39 is 0 Å². The van der Waals surface area contributed by atoms with E-state index in [0.29, 0.717) is 0 Å². The second-order valence-corrected chi connectivity index (χ2v) is 7.25. The van der Waals surface area contributed by atoms with Gasteiger partial charge in [0.1, 0.15) is 0 Å². The van der Waals surface area contributed by atoms with Gasteiger partial charge in [-0.3, -0.25) is 0 Å². The predicted molar refractivity (Wildman–Crippen MR) is 89.5 cm³/mol. The lowest BCUT2D eigenvalue weighted by Gasteiger charge is -2.30. The monoisotopic (exact) mass is 268 g/mol. The van der Waals surface area contributed by atoms with E-state index in [1.807, 2.05) is 0 Å². The highest BCUT2D eigenvalue weighted by atomic mass is 14.3. The number of hydrogen-bond donors (Lipinski definition) is 0. The molecule has 0 heteroatoms. The Balaban J connectivity index is 4.21. The van der Waals surface area contributed by atoms with E-state index in [-0.39, 0.29) is 0 Å². The van der Waals surface area contributed by atoms with Crippen molar-refractivity contribution in [2.75, 3.05) is 0 Å². The molecule has 0 aliphatic rings. The minimum atomic E-state index is 0.835. The SMILES string of the molecule is CCCC(C)CCC(CC)CC(CC)C(C)C(C)C. The predicted octanol–water partition coefficient (Wildman–Crippen LogP) is 6.94. The molecule has 0 nitrogen and oxygen atoms in total. The van der Waals surface area contributed by atoms with Crippen LogP contribution < -0.4 is 0 Å². The average molecular weight is 269 g/mol. The Hall–Kier alpha value is 0. The van der Waals surface area contributed by atoms with Crippen molar-refractivity contribution in [1.82, 2.24) is 0 Å². The maximum absolute atomic E-state index is 2.46. The molecule has 0 aromatic rings. The van der Waals surface area contributed by atoms with Crippen LogP contribution in [-0.4, -0.2) is 0 Å². The highest BCUT2D eigenvalue weighted by molar-refractivity contribution is 4.72. The average Bonchev–Trinajstić information content (AvgIpc) is 2.38. The first-order valence-electron chi connectivity index (χ1n) is 8.96. The van der Waals surface area contributed by atoms with Crippen molar-refractivity contribution < 1.29 is 0 Å². The van der Waals surface area contributed by atoms with Crippen LogP contribution in [0.2, 0.25) is 0 Å². The molecule has 4 unspecified atom stereocenters. The molecule has 19 heavy (non-hydrogen) atoms. The van der Waals surface area contributed by atoms with Gasteiger partial charge in [0.05, 0.1) is 0 Å². The van der Waals surface area contributed by atoms with Gasteiger partial charge in [0.2, 0.25) is 0 Å². The fourth-order valence-electron chi connectivity index (χ4n) is 3.37. The smallest absolute Gasteiger partial charge is 0.0386 e. The molecule has 0 heterocycles. The third-order valence-electron chi connectivity index (χ3n) is 5.38. The first kappa shape index (κ1) is 19.0. The fourth-order valence-corrected chi connectivity index (χ4v) is 3.37. The van der Waals surface area contributed by atoms with Crippen LogP contribution in [0.25, 0.3) is 0 Å². The number of hydrogen-bond acceptors (Lipinski definition) is 0. The molecule has 0 radical (unpaired) electrons. The third-order valence-corrected chi connectivity index (χ3v) is 5.38. The number of rotatable bonds is 11. The first-order valence-corrected chi connectivity index (χ1v) is 8.96. The maximum Gasteiger partial charge on any atom is -0.0386 e. The van der Waals surface area contributed by atoms with Gasteiger partial charge in [-0.15, -0.1) is 0 Å². The van der Waals surface area contributed by atoms with Crippen LogP contribution in [0.5, 0.6) is 0 Å². The van der Waals surface area contributed by atoms with Gasteiger partial charge in [-0.2, -0.15) is 0 Å². The quantitative estimate of drug-likeness (QED) is 0.381. The maximum atomic E-state index is 2.46. The van der Waals surface area contributed by atoms with Gasteiger partial charge in [-0.25, -0.2) is 0 Å². The van der Waals surface area contributed by atoms with Crippen molar-refractivity contribution in [1.29, 1.82) is 0 Å². The van der Waals surface area contributed by atoms with E-state index in [0.717, 1.165) is 29.6 Å². The van der Waals surface area contributed by atoms with Crippen LogP contribution >= 0.6 is 0 Å². The summed E-state index contributed by atoms with van der Waals surface area (Å²) in [5, 5.41) is 0. The van der Waals surface area contributed by atoms with Crippen molar-refractivity contribution in [3.05, 3.63) is 0 Å². The van der Waals surface area contributed by atoms with Crippen LogP contribution in [0.1, 0.15) is 93.4 Å². The molecule has 0 amide bonds. The molecule has 0 rings (SSSR count). The van der Waals surface area contributed by atoms with Gasteiger partial charge in [-0.05, 0) is 36.0 Å². The summed E-state index contributed by atoms with van der Waals surface area (Å²) < 4.78 is 0. The topological polar surface area (TPSA) is 0 Å². The highest BCUT2D eigenvalue weighted by Gasteiger charge is 2.22. The van der Waals surface area contributed by atoms with Gasteiger partial charge in [-0.1, -0.05) is 87.0 Å². The zero-order valence-electron chi connectivity index (χ0n) is 14.8. The summed E-state index contributed by atoms with van der Waals surface area (Å²) >= 11 is 0. The van der Waals surface area contributed by atoms with Crippen molar-refractivity contribution in [2.24, 2.45) is 29.6 Å². The van der Waals surface area contributed by atoms with Crippen LogP contribution in [0.4, 0.5) is 0 Å². The van der Waals surface area contributed by atoms with E-state index in [2.05, 4.69) is 48.5 Å². The standard InChI is InChI=1S/C19H40/c1-8-11-16(6)12-13-18(9-2)14-19(10-3)17(7)15(4)5/h15-19H,8-14H2,1-7H3. The molecule has 0 aromatic heterocycles. The van der Waals surface area contributed by atoms with Crippen LogP contribution in [0.15, 0.2) is 0 Å². The molecule has 4 atom stereocenters. The highest BCUT2D eigenvalue weighted by Crippen LogP contribution is 2.32. The molecular formula is C19H40. The molecule has 0 N–H and O–H groups in total. The summed E-state index contributed by atoms with van der Waals surface area (Å²) in [6, 6.07) is 0. The molecular weight excluding hydrogens is 228 g/mol. The van der Waals surface area contributed by atoms with Gasteiger partial charge in [0.25, 0.3) is 0 Å². The van der Waals surface area contributed by atoms with Crippen molar-refractivity contribution in [3.63, 3.8) is 0 Å². The third kappa shape index (κ3) is 8.00. The largest absolute Gasteiger partial charge is 0.0654 e. The van der Waals surface area contributed by atoms with Gasteiger partial charge >= 0.3 is 0 Å². The molecule has 0 aromatic carbocycles. The zero-order chi connectivity index (χ0) is 14.8. The van der Waals surface area contributed by atoms with Crippen molar-refractivity contribution >= 4 is 0 Å².